The Morgan fingerprint density at radius 3 is 2.48 bits per heavy atom. The van der Waals surface area contributed by atoms with Gasteiger partial charge in [-0.3, -0.25) is 4.79 Å². The van der Waals surface area contributed by atoms with Crippen molar-refractivity contribution in [2.45, 2.75) is 13.8 Å². The van der Waals surface area contributed by atoms with E-state index < -0.39 is 0 Å². The largest absolute Gasteiger partial charge is 0.492 e. The molecule has 0 saturated carbocycles. The van der Waals surface area contributed by atoms with Crippen molar-refractivity contribution in [2.24, 2.45) is 5.92 Å². The summed E-state index contributed by atoms with van der Waals surface area (Å²) in [6.45, 7) is 4.73. The lowest BCUT2D eigenvalue weighted by molar-refractivity contribution is 0.102. The van der Waals surface area contributed by atoms with E-state index in [9.17, 15) is 4.79 Å². The van der Waals surface area contributed by atoms with Gasteiger partial charge in [0.15, 0.2) is 0 Å². The van der Waals surface area contributed by atoms with Gasteiger partial charge in [0.25, 0.3) is 5.91 Å². The molecule has 2 aromatic rings. The maximum absolute atomic E-state index is 12.4. The molecule has 0 aromatic heterocycles. The van der Waals surface area contributed by atoms with Gasteiger partial charge in [-0.1, -0.05) is 41.9 Å². The van der Waals surface area contributed by atoms with E-state index in [-0.39, 0.29) is 5.91 Å². The second kappa shape index (κ2) is 7.27. The molecule has 2 aromatic carbocycles. The normalized spacial score (nSPS) is 10.5. The van der Waals surface area contributed by atoms with Crippen LogP contribution in [0.25, 0.3) is 0 Å². The number of halogens is 1. The quantitative estimate of drug-likeness (QED) is 0.848. The summed E-state index contributed by atoms with van der Waals surface area (Å²) >= 11 is 3.37. The minimum Gasteiger partial charge on any atom is -0.492 e. The number of benzene rings is 2. The van der Waals surface area contributed by atoms with Crippen LogP contribution in [0, 0.1) is 5.92 Å². The molecule has 0 aliphatic carbocycles. The highest BCUT2D eigenvalue weighted by Crippen LogP contribution is 2.21. The van der Waals surface area contributed by atoms with Crippen LogP contribution in [0.2, 0.25) is 0 Å². The molecule has 0 unspecified atom stereocenters. The van der Waals surface area contributed by atoms with Gasteiger partial charge in [0.05, 0.1) is 12.2 Å². The standard InChI is InChI=1S/C17H18BrNO2/c1-12(2)11-21-16-6-4-3-5-15(16)17(20)19-14-9-7-13(18)8-10-14/h3-10,12H,11H2,1-2H3,(H,19,20). The molecule has 0 radical (unpaired) electrons. The van der Waals surface area contributed by atoms with Gasteiger partial charge in [0, 0.05) is 10.2 Å². The Morgan fingerprint density at radius 2 is 1.81 bits per heavy atom. The summed E-state index contributed by atoms with van der Waals surface area (Å²) in [5, 5.41) is 2.87. The molecule has 0 fully saturated rings. The van der Waals surface area contributed by atoms with Crippen LogP contribution in [-0.4, -0.2) is 12.5 Å². The van der Waals surface area contributed by atoms with E-state index in [1.807, 2.05) is 42.5 Å². The third-order valence-corrected chi connectivity index (χ3v) is 3.33. The molecule has 1 N–H and O–H groups in total. The number of ether oxygens (including phenoxy) is 1. The van der Waals surface area contributed by atoms with E-state index in [1.54, 1.807) is 6.07 Å². The number of carbonyl (C=O) groups excluding carboxylic acids is 1. The van der Waals surface area contributed by atoms with Gasteiger partial charge in [-0.2, -0.15) is 0 Å². The second-order valence-electron chi connectivity index (χ2n) is 5.16. The Morgan fingerprint density at radius 1 is 1.14 bits per heavy atom. The number of hydrogen-bond donors (Lipinski definition) is 1. The Hall–Kier alpha value is -1.81. The summed E-state index contributed by atoms with van der Waals surface area (Å²) in [5.74, 6) is 0.852. The van der Waals surface area contributed by atoms with Gasteiger partial charge in [-0.25, -0.2) is 0 Å². The molecule has 110 valence electrons. The molecule has 0 spiro atoms. The highest BCUT2D eigenvalue weighted by molar-refractivity contribution is 9.10. The summed E-state index contributed by atoms with van der Waals surface area (Å²) in [6, 6.07) is 14.8. The average Bonchev–Trinajstić information content (AvgIpc) is 2.47. The number of rotatable bonds is 5. The van der Waals surface area contributed by atoms with Gasteiger partial charge < -0.3 is 10.1 Å². The van der Waals surface area contributed by atoms with E-state index in [1.165, 1.54) is 0 Å². The first-order valence-corrected chi connectivity index (χ1v) is 7.64. The number of nitrogens with one attached hydrogen (secondary N) is 1. The number of anilines is 1. The third kappa shape index (κ3) is 4.60. The first-order chi connectivity index (χ1) is 10.1. The van der Waals surface area contributed by atoms with Crippen LogP contribution in [0.1, 0.15) is 24.2 Å². The Kier molecular flexibility index (Phi) is 5.39. The molecule has 21 heavy (non-hydrogen) atoms. The minimum atomic E-state index is -0.170. The van der Waals surface area contributed by atoms with E-state index in [4.69, 9.17) is 4.74 Å². The van der Waals surface area contributed by atoms with Crippen molar-refractivity contribution in [1.29, 1.82) is 0 Å². The van der Waals surface area contributed by atoms with Gasteiger partial charge in [0.1, 0.15) is 5.75 Å². The van der Waals surface area contributed by atoms with Crippen molar-refractivity contribution in [3.63, 3.8) is 0 Å². The van der Waals surface area contributed by atoms with Crippen LogP contribution in [0.15, 0.2) is 53.0 Å². The summed E-state index contributed by atoms with van der Waals surface area (Å²) in [7, 11) is 0. The molecule has 0 aliphatic heterocycles. The SMILES string of the molecule is CC(C)COc1ccccc1C(=O)Nc1ccc(Br)cc1. The fraction of sp³-hybridized carbons (Fsp3) is 0.235. The molecule has 2 rings (SSSR count). The lowest BCUT2D eigenvalue weighted by atomic mass is 10.1. The van der Waals surface area contributed by atoms with E-state index in [0.29, 0.717) is 23.8 Å². The lowest BCUT2D eigenvalue weighted by Crippen LogP contribution is -2.14. The van der Waals surface area contributed by atoms with Crippen molar-refractivity contribution >= 4 is 27.5 Å². The van der Waals surface area contributed by atoms with E-state index in [0.717, 1.165) is 10.2 Å². The summed E-state index contributed by atoms with van der Waals surface area (Å²) in [4.78, 5) is 12.4. The molecule has 0 heterocycles. The predicted molar refractivity (Wildman–Crippen MR) is 88.9 cm³/mol. The number of hydrogen-bond acceptors (Lipinski definition) is 2. The zero-order valence-corrected chi connectivity index (χ0v) is 13.7. The molecular formula is C17H18BrNO2. The molecule has 0 bridgehead atoms. The topological polar surface area (TPSA) is 38.3 Å². The van der Waals surface area contributed by atoms with Crippen LogP contribution in [0.5, 0.6) is 5.75 Å². The van der Waals surface area contributed by atoms with Crippen molar-refractivity contribution < 1.29 is 9.53 Å². The number of amides is 1. The van der Waals surface area contributed by atoms with Crippen LogP contribution >= 0.6 is 15.9 Å². The fourth-order valence-electron chi connectivity index (χ4n) is 1.77. The highest BCUT2D eigenvalue weighted by Gasteiger charge is 2.12. The first-order valence-electron chi connectivity index (χ1n) is 6.85. The maximum Gasteiger partial charge on any atom is 0.259 e. The molecule has 0 aliphatic rings. The highest BCUT2D eigenvalue weighted by atomic mass is 79.9. The van der Waals surface area contributed by atoms with Crippen LogP contribution in [-0.2, 0) is 0 Å². The fourth-order valence-corrected chi connectivity index (χ4v) is 2.03. The summed E-state index contributed by atoms with van der Waals surface area (Å²) in [6.07, 6.45) is 0. The molecular weight excluding hydrogens is 330 g/mol. The monoisotopic (exact) mass is 347 g/mol. The maximum atomic E-state index is 12.4. The number of carbonyl (C=O) groups is 1. The Bertz CT molecular complexity index is 608. The van der Waals surface area contributed by atoms with Crippen LogP contribution < -0.4 is 10.1 Å². The van der Waals surface area contributed by atoms with Crippen LogP contribution in [0.3, 0.4) is 0 Å². The van der Waals surface area contributed by atoms with Gasteiger partial charge in [0.2, 0.25) is 0 Å². The minimum absolute atomic E-state index is 0.170. The predicted octanol–water partition coefficient (Wildman–Crippen LogP) is 4.74. The smallest absolute Gasteiger partial charge is 0.259 e. The van der Waals surface area contributed by atoms with Crippen molar-refractivity contribution in [3.05, 3.63) is 58.6 Å². The average molecular weight is 348 g/mol. The van der Waals surface area contributed by atoms with Crippen molar-refractivity contribution in [2.75, 3.05) is 11.9 Å². The molecule has 0 saturated heterocycles. The van der Waals surface area contributed by atoms with E-state index >= 15 is 0 Å². The van der Waals surface area contributed by atoms with Gasteiger partial charge in [-0.05, 0) is 42.3 Å². The summed E-state index contributed by atoms with van der Waals surface area (Å²) in [5.41, 5.74) is 1.29. The summed E-state index contributed by atoms with van der Waals surface area (Å²) < 4.78 is 6.68. The van der Waals surface area contributed by atoms with Crippen LogP contribution in [0.4, 0.5) is 5.69 Å². The Labute approximate surface area is 133 Å². The van der Waals surface area contributed by atoms with Gasteiger partial charge in [-0.15, -0.1) is 0 Å². The second-order valence-corrected chi connectivity index (χ2v) is 6.08. The Balaban J connectivity index is 2.13. The van der Waals surface area contributed by atoms with Crippen molar-refractivity contribution in [1.82, 2.24) is 0 Å². The zero-order valence-electron chi connectivity index (χ0n) is 12.1. The zero-order chi connectivity index (χ0) is 15.2. The lowest BCUT2D eigenvalue weighted by Gasteiger charge is -2.13. The molecule has 0 atom stereocenters. The van der Waals surface area contributed by atoms with Crippen molar-refractivity contribution in [3.8, 4) is 5.75 Å². The molecule has 1 amide bonds. The van der Waals surface area contributed by atoms with Gasteiger partial charge >= 0.3 is 0 Å². The third-order valence-electron chi connectivity index (χ3n) is 2.81. The number of para-hydroxylation sites is 1. The molecule has 3 nitrogen and oxygen atoms in total. The molecule has 4 heteroatoms. The van der Waals surface area contributed by atoms with E-state index in [2.05, 4.69) is 35.1 Å². The first kappa shape index (κ1) is 15.6.